The number of ether oxygens (including phenoxy) is 1. The molecule has 0 aliphatic carbocycles. The van der Waals surface area contributed by atoms with Crippen LogP contribution in [0.1, 0.15) is 71.6 Å². The Balaban J connectivity index is 3.44. The molecule has 0 aliphatic rings. The Morgan fingerprint density at radius 1 is 0.941 bits per heavy atom. The van der Waals surface area contributed by atoms with Crippen LogP contribution in [0.5, 0.6) is 0 Å². The third kappa shape index (κ3) is 10.1. The summed E-state index contributed by atoms with van der Waals surface area (Å²) in [6, 6.07) is 0. The van der Waals surface area contributed by atoms with Crippen molar-refractivity contribution in [2.24, 2.45) is 0 Å². The summed E-state index contributed by atoms with van der Waals surface area (Å²) in [6.07, 6.45) is 10.0. The maximum Gasteiger partial charge on any atom is 0.333 e. The van der Waals surface area contributed by atoms with Crippen molar-refractivity contribution in [3.05, 3.63) is 12.2 Å². The van der Waals surface area contributed by atoms with E-state index in [2.05, 4.69) is 20.4 Å². The molecule has 0 saturated carbocycles. The largest absolute Gasteiger partial charge is 0.462 e. The molecule has 0 saturated heterocycles. The monoisotopic (exact) mass is 240 g/mol. The summed E-state index contributed by atoms with van der Waals surface area (Å²) in [6.45, 7) is 8.69. The molecule has 0 aromatic carbocycles. The molecular formula is C15H28O2. The molecule has 0 atom stereocenters. The van der Waals surface area contributed by atoms with Gasteiger partial charge in [-0.2, -0.15) is 0 Å². The Kier molecular flexibility index (Phi) is 11.1. The average molecular weight is 240 g/mol. The Labute approximate surface area is 106 Å². The van der Waals surface area contributed by atoms with Crippen LogP contribution in [0.25, 0.3) is 0 Å². The highest BCUT2D eigenvalue weighted by molar-refractivity contribution is 5.87. The molecule has 0 aliphatic heterocycles. The summed E-state index contributed by atoms with van der Waals surface area (Å²) in [4.78, 5) is 11.5. The normalized spacial score (nSPS) is 10.2. The molecular weight excluding hydrogens is 212 g/mol. The predicted octanol–water partition coefficient (Wildman–Crippen LogP) is 4.64. The highest BCUT2D eigenvalue weighted by atomic mass is 16.5. The highest BCUT2D eigenvalue weighted by Gasteiger charge is 2.07. The van der Waals surface area contributed by atoms with Crippen LogP contribution < -0.4 is 0 Å². The second-order valence-corrected chi connectivity index (χ2v) is 4.61. The summed E-state index contributed by atoms with van der Waals surface area (Å²) in [7, 11) is 0. The number of unbranched alkanes of at least 4 members (excludes halogenated alkanes) is 6. The molecule has 0 radical (unpaired) electrons. The van der Waals surface area contributed by atoms with Gasteiger partial charge in [0.05, 0.1) is 6.61 Å². The van der Waals surface area contributed by atoms with Crippen LogP contribution in [0.3, 0.4) is 0 Å². The van der Waals surface area contributed by atoms with Crippen molar-refractivity contribution >= 4 is 5.97 Å². The third-order valence-corrected chi connectivity index (χ3v) is 2.85. The molecule has 0 fully saturated rings. The molecule has 0 spiro atoms. The Morgan fingerprint density at radius 2 is 1.53 bits per heavy atom. The van der Waals surface area contributed by atoms with Gasteiger partial charge in [-0.15, -0.1) is 0 Å². The molecule has 0 heterocycles. The van der Waals surface area contributed by atoms with Gasteiger partial charge in [-0.3, -0.25) is 0 Å². The van der Waals surface area contributed by atoms with Crippen molar-refractivity contribution < 1.29 is 9.53 Å². The zero-order valence-electron chi connectivity index (χ0n) is 11.6. The molecule has 0 N–H and O–H groups in total. The smallest absolute Gasteiger partial charge is 0.333 e. The number of rotatable bonds is 11. The number of hydrogen-bond acceptors (Lipinski definition) is 2. The van der Waals surface area contributed by atoms with Gasteiger partial charge in [-0.05, 0) is 19.3 Å². The van der Waals surface area contributed by atoms with Gasteiger partial charge in [-0.25, -0.2) is 4.79 Å². The number of carbonyl (C=O) groups is 1. The summed E-state index contributed by atoms with van der Waals surface area (Å²) in [5.41, 5.74) is 0.636. The molecule has 0 aromatic rings. The zero-order valence-corrected chi connectivity index (χ0v) is 11.6. The van der Waals surface area contributed by atoms with Crippen LogP contribution in [-0.2, 0) is 9.53 Å². The van der Waals surface area contributed by atoms with Gasteiger partial charge >= 0.3 is 5.97 Å². The Hall–Kier alpha value is -0.790. The third-order valence-electron chi connectivity index (χ3n) is 2.85. The SMILES string of the molecule is C=C(CCCCCC)C(=O)OCCCCCC. The molecule has 0 aromatic heterocycles. The zero-order chi connectivity index (χ0) is 12.9. The van der Waals surface area contributed by atoms with Crippen LogP contribution in [0, 0.1) is 0 Å². The van der Waals surface area contributed by atoms with Gasteiger partial charge in [0.2, 0.25) is 0 Å². The number of carbonyl (C=O) groups excluding carboxylic acids is 1. The fourth-order valence-electron chi connectivity index (χ4n) is 1.66. The van der Waals surface area contributed by atoms with Crippen molar-refractivity contribution in [3.63, 3.8) is 0 Å². The first kappa shape index (κ1) is 16.2. The van der Waals surface area contributed by atoms with E-state index in [1.807, 2.05) is 0 Å². The van der Waals surface area contributed by atoms with Crippen molar-refractivity contribution in [1.29, 1.82) is 0 Å². The van der Waals surface area contributed by atoms with E-state index in [0.717, 1.165) is 25.7 Å². The fraction of sp³-hybridized carbons (Fsp3) is 0.800. The lowest BCUT2D eigenvalue weighted by Crippen LogP contribution is -2.08. The minimum absolute atomic E-state index is 0.196. The second-order valence-electron chi connectivity index (χ2n) is 4.61. The van der Waals surface area contributed by atoms with Crippen LogP contribution in [0.15, 0.2) is 12.2 Å². The summed E-state index contributed by atoms with van der Waals surface area (Å²) in [5, 5.41) is 0. The van der Waals surface area contributed by atoms with Gasteiger partial charge in [0, 0.05) is 5.57 Å². The van der Waals surface area contributed by atoms with Gasteiger partial charge in [0.15, 0.2) is 0 Å². The van der Waals surface area contributed by atoms with Gasteiger partial charge in [0.1, 0.15) is 0 Å². The van der Waals surface area contributed by atoms with Crippen molar-refractivity contribution in [3.8, 4) is 0 Å². The first-order valence-electron chi connectivity index (χ1n) is 7.07. The maximum atomic E-state index is 11.5. The van der Waals surface area contributed by atoms with E-state index >= 15 is 0 Å². The standard InChI is InChI=1S/C15H28O2/c1-4-6-8-10-12-14(3)15(16)17-13-11-9-7-5-2/h3-13H2,1-2H3. The van der Waals surface area contributed by atoms with E-state index < -0.39 is 0 Å². The van der Waals surface area contributed by atoms with E-state index in [-0.39, 0.29) is 5.97 Å². The van der Waals surface area contributed by atoms with E-state index in [9.17, 15) is 4.79 Å². The molecule has 2 heteroatoms. The lowest BCUT2D eigenvalue weighted by atomic mass is 10.1. The van der Waals surface area contributed by atoms with Crippen LogP contribution in [-0.4, -0.2) is 12.6 Å². The summed E-state index contributed by atoms with van der Waals surface area (Å²) >= 11 is 0. The van der Waals surface area contributed by atoms with E-state index in [0.29, 0.717) is 12.2 Å². The first-order valence-corrected chi connectivity index (χ1v) is 7.07. The van der Waals surface area contributed by atoms with Crippen molar-refractivity contribution in [2.75, 3.05) is 6.61 Å². The molecule has 17 heavy (non-hydrogen) atoms. The highest BCUT2D eigenvalue weighted by Crippen LogP contribution is 2.10. The van der Waals surface area contributed by atoms with Crippen LogP contribution in [0.4, 0.5) is 0 Å². The Morgan fingerprint density at radius 3 is 2.12 bits per heavy atom. The maximum absolute atomic E-state index is 11.5. The molecule has 0 unspecified atom stereocenters. The Bertz CT molecular complexity index is 209. The molecule has 2 nitrogen and oxygen atoms in total. The average Bonchev–Trinajstić information content (AvgIpc) is 2.34. The van der Waals surface area contributed by atoms with E-state index in [1.165, 1.54) is 32.1 Å². The number of hydrogen-bond donors (Lipinski definition) is 0. The minimum Gasteiger partial charge on any atom is -0.462 e. The summed E-state index contributed by atoms with van der Waals surface area (Å²) < 4.78 is 5.17. The fourth-order valence-corrected chi connectivity index (χ4v) is 1.66. The lowest BCUT2D eigenvalue weighted by molar-refractivity contribution is -0.139. The van der Waals surface area contributed by atoms with E-state index in [1.54, 1.807) is 0 Å². The molecule has 0 amide bonds. The van der Waals surface area contributed by atoms with Gasteiger partial charge < -0.3 is 4.74 Å². The second kappa shape index (κ2) is 11.7. The van der Waals surface area contributed by atoms with Gasteiger partial charge in [0.25, 0.3) is 0 Å². The van der Waals surface area contributed by atoms with Crippen molar-refractivity contribution in [2.45, 2.75) is 71.6 Å². The van der Waals surface area contributed by atoms with Gasteiger partial charge in [-0.1, -0.05) is 59.0 Å². The molecule has 0 bridgehead atoms. The predicted molar refractivity (Wildman–Crippen MR) is 73.0 cm³/mol. The van der Waals surface area contributed by atoms with Crippen LogP contribution in [0.2, 0.25) is 0 Å². The quantitative estimate of drug-likeness (QED) is 0.299. The van der Waals surface area contributed by atoms with Crippen molar-refractivity contribution in [1.82, 2.24) is 0 Å². The van der Waals surface area contributed by atoms with Crippen LogP contribution >= 0.6 is 0 Å². The lowest BCUT2D eigenvalue weighted by Gasteiger charge is -2.06. The molecule has 0 rings (SSSR count). The topological polar surface area (TPSA) is 26.3 Å². The minimum atomic E-state index is -0.196. The first-order chi connectivity index (χ1) is 8.22. The van der Waals surface area contributed by atoms with E-state index in [4.69, 9.17) is 4.74 Å². The summed E-state index contributed by atoms with van der Waals surface area (Å²) in [5.74, 6) is -0.196. The number of esters is 1. The molecule has 100 valence electrons.